The lowest BCUT2D eigenvalue weighted by atomic mass is 10.3. The third-order valence-corrected chi connectivity index (χ3v) is 5.64. The van der Waals surface area contributed by atoms with E-state index in [1.807, 2.05) is 0 Å². The summed E-state index contributed by atoms with van der Waals surface area (Å²) in [6.07, 6.45) is 0. The molecule has 2 rings (SSSR count). The number of aromatic nitrogens is 3. The third kappa shape index (κ3) is 4.30. The van der Waals surface area contributed by atoms with Crippen LogP contribution in [-0.2, 0) is 11.5 Å². The van der Waals surface area contributed by atoms with Crippen molar-refractivity contribution in [1.82, 2.24) is 14.8 Å². The van der Waals surface area contributed by atoms with Crippen LogP contribution in [0, 0.1) is 3.70 Å². The number of fused-ring (bicyclic) bond motifs is 1. The molecule has 8 heteroatoms. The van der Waals surface area contributed by atoms with E-state index in [4.69, 9.17) is 21.1 Å². The van der Waals surface area contributed by atoms with E-state index in [0.717, 1.165) is 27.4 Å². The van der Waals surface area contributed by atoms with Crippen molar-refractivity contribution in [3.63, 3.8) is 0 Å². The van der Waals surface area contributed by atoms with Crippen molar-refractivity contribution >= 4 is 53.3 Å². The third-order valence-electron chi connectivity index (χ3n) is 3.02. The Morgan fingerprint density at radius 3 is 2.71 bits per heavy atom. The minimum Gasteiger partial charge on any atom is -0.494 e. The molecule has 0 aromatic carbocycles. The van der Waals surface area contributed by atoms with Gasteiger partial charge in [0.25, 0.3) is 0 Å². The van der Waals surface area contributed by atoms with E-state index in [1.54, 1.807) is 17.9 Å². The molecule has 0 amide bonds. The first-order valence-electron chi connectivity index (χ1n) is 6.66. The Kier molecular flexibility index (Phi) is 5.50. The van der Waals surface area contributed by atoms with E-state index >= 15 is 0 Å². The Morgan fingerprint density at radius 2 is 2.10 bits per heavy atom. The Morgan fingerprint density at radius 1 is 1.38 bits per heavy atom. The zero-order valence-electron chi connectivity index (χ0n) is 12.6. The zero-order valence-corrected chi connectivity index (χ0v) is 16.5. The number of halogens is 2. The summed E-state index contributed by atoms with van der Waals surface area (Å²) in [5, 5.41) is 4.86. The van der Waals surface area contributed by atoms with Crippen molar-refractivity contribution < 1.29 is 9.47 Å². The van der Waals surface area contributed by atoms with Gasteiger partial charge in [-0.3, -0.25) is 0 Å². The minimum atomic E-state index is -1.08. The predicted octanol–water partition coefficient (Wildman–Crippen LogP) is 4.01. The van der Waals surface area contributed by atoms with Crippen LogP contribution >= 0.6 is 34.2 Å². The van der Waals surface area contributed by atoms with Crippen LogP contribution in [0.1, 0.15) is 0 Å². The highest BCUT2D eigenvalue weighted by Gasteiger charge is 2.17. The molecule has 0 spiro atoms. The van der Waals surface area contributed by atoms with E-state index in [1.165, 1.54) is 0 Å². The molecule has 0 atom stereocenters. The van der Waals surface area contributed by atoms with Crippen molar-refractivity contribution in [2.45, 2.75) is 32.4 Å². The fourth-order valence-corrected chi connectivity index (χ4v) is 3.44. The topological polar surface area (TPSA) is 49.2 Å². The molecule has 0 aliphatic heterocycles. The Hall–Kier alpha value is -0.383. The molecule has 2 aromatic heterocycles. The number of hydrogen-bond donors (Lipinski definition) is 0. The molecule has 5 nitrogen and oxygen atoms in total. The van der Waals surface area contributed by atoms with Gasteiger partial charge in [0.1, 0.15) is 32.4 Å². The zero-order chi connectivity index (χ0) is 15.6. The lowest BCUT2D eigenvalue weighted by Gasteiger charge is -2.15. The highest BCUT2D eigenvalue weighted by molar-refractivity contribution is 14.1. The normalized spacial score (nSPS) is 12.1. The van der Waals surface area contributed by atoms with E-state index in [2.05, 4.69) is 52.3 Å². The molecule has 0 aliphatic rings. The smallest absolute Gasteiger partial charge is 0.149 e. The van der Waals surface area contributed by atoms with Gasteiger partial charge in [0.15, 0.2) is 0 Å². The lowest BCUT2D eigenvalue weighted by Crippen LogP contribution is -2.22. The monoisotopic (exact) mass is 439 g/mol. The number of pyridine rings is 1. The molecular formula is C13H19ClIN3O2Si. The summed E-state index contributed by atoms with van der Waals surface area (Å²) < 4.78 is 13.7. The Bertz CT molecular complexity index is 642. The molecule has 0 saturated heterocycles. The average Bonchev–Trinajstić information content (AvgIpc) is 2.70. The lowest BCUT2D eigenvalue weighted by molar-refractivity contribution is 0.0811. The van der Waals surface area contributed by atoms with Crippen LogP contribution in [-0.4, -0.2) is 36.6 Å². The van der Waals surface area contributed by atoms with Crippen LogP contribution in [0.2, 0.25) is 30.8 Å². The molecular weight excluding hydrogens is 421 g/mol. The number of nitrogens with zero attached hydrogens (tertiary/aromatic N) is 3. The van der Waals surface area contributed by atoms with Gasteiger partial charge < -0.3 is 9.47 Å². The van der Waals surface area contributed by atoms with Gasteiger partial charge in [-0.25, -0.2) is 9.67 Å². The van der Waals surface area contributed by atoms with Crippen molar-refractivity contribution in [2.24, 2.45) is 0 Å². The van der Waals surface area contributed by atoms with E-state index in [9.17, 15) is 0 Å². The minimum absolute atomic E-state index is 0.393. The SMILES string of the molecule is COc1cc(Cl)nc2c(I)nn(COCC[Si](C)(C)C)c12. The average molecular weight is 440 g/mol. The summed E-state index contributed by atoms with van der Waals surface area (Å²) in [5.41, 5.74) is 1.56. The van der Waals surface area contributed by atoms with Crippen LogP contribution in [0.25, 0.3) is 11.0 Å². The molecule has 0 saturated carbocycles. The second-order valence-corrected chi connectivity index (χ2v) is 13.0. The van der Waals surface area contributed by atoms with Gasteiger partial charge in [0, 0.05) is 20.7 Å². The van der Waals surface area contributed by atoms with E-state index in [0.29, 0.717) is 17.6 Å². The fourth-order valence-electron chi connectivity index (χ4n) is 1.86. The van der Waals surface area contributed by atoms with Crippen LogP contribution in [0.5, 0.6) is 5.75 Å². The first kappa shape index (κ1) is 17.0. The maximum atomic E-state index is 6.00. The molecule has 0 aliphatic carbocycles. The first-order valence-corrected chi connectivity index (χ1v) is 11.8. The van der Waals surface area contributed by atoms with Crippen molar-refractivity contribution in [3.05, 3.63) is 14.9 Å². The largest absolute Gasteiger partial charge is 0.494 e. The molecule has 2 heterocycles. The second kappa shape index (κ2) is 6.80. The van der Waals surface area contributed by atoms with Crippen LogP contribution in [0.4, 0.5) is 0 Å². The number of ether oxygens (including phenoxy) is 2. The van der Waals surface area contributed by atoms with Gasteiger partial charge in [-0.05, 0) is 28.6 Å². The predicted molar refractivity (Wildman–Crippen MR) is 95.9 cm³/mol. The van der Waals surface area contributed by atoms with E-state index in [-0.39, 0.29) is 0 Å². The quantitative estimate of drug-likeness (QED) is 0.295. The molecule has 0 N–H and O–H groups in total. The highest BCUT2D eigenvalue weighted by atomic mass is 127. The van der Waals surface area contributed by atoms with Gasteiger partial charge in [-0.15, -0.1) is 0 Å². The van der Waals surface area contributed by atoms with Crippen LogP contribution < -0.4 is 4.74 Å². The molecule has 0 radical (unpaired) electrons. The van der Waals surface area contributed by atoms with Gasteiger partial charge >= 0.3 is 0 Å². The summed E-state index contributed by atoms with van der Waals surface area (Å²) in [5.74, 6) is 0.661. The van der Waals surface area contributed by atoms with Crippen molar-refractivity contribution in [3.8, 4) is 5.75 Å². The van der Waals surface area contributed by atoms with Gasteiger partial charge in [-0.1, -0.05) is 31.2 Å². The van der Waals surface area contributed by atoms with Gasteiger partial charge in [-0.2, -0.15) is 5.10 Å². The van der Waals surface area contributed by atoms with Crippen molar-refractivity contribution in [2.75, 3.05) is 13.7 Å². The van der Waals surface area contributed by atoms with Crippen LogP contribution in [0.3, 0.4) is 0 Å². The summed E-state index contributed by atoms with van der Waals surface area (Å²) in [6, 6.07) is 2.82. The summed E-state index contributed by atoms with van der Waals surface area (Å²) in [7, 11) is 0.533. The molecule has 116 valence electrons. The number of hydrogen-bond acceptors (Lipinski definition) is 4. The number of rotatable bonds is 6. The summed E-state index contributed by atoms with van der Waals surface area (Å²) in [4.78, 5) is 4.32. The van der Waals surface area contributed by atoms with Crippen LogP contribution in [0.15, 0.2) is 6.07 Å². The maximum absolute atomic E-state index is 6.00. The van der Waals surface area contributed by atoms with Crippen molar-refractivity contribution in [1.29, 1.82) is 0 Å². The molecule has 0 unspecified atom stereocenters. The summed E-state index contributed by atoms with van der Waals surface area (Å²) >= 11 is 8.15. The van der Waals surface area contributed by atoms with Gasteiger partial charge in [0.2, 0.25) is 0 Å². The molecule has 0 fully saturated rings. The van der Waals surface area contributed by atoms with E-state index < -0.39 is 8.07 Å². The highest BCUT2D eigenvalue weighted by Crippen LogP contribution is 2.30. The Balaban J connectivity index is 2.20. The molecule has 21 heavy (non-hydrogen) atoms. The second-order valence-electron chi connectivity index (χ2n) is 5.98. The molecule has 2 aromatic rings. The Labute approximate surface area is 144 Å². The standard InChI is InChI=1S/C13H19ClIN3O2Si/c1-19-9-7-10(14)16-11-12(9)18(17-13(11)15)8-20-5-6-21(2,3)4/h7H,5-6,8H2,1-4H3. The fraction of sp³-hybridized carbons (Fsp3) is 0.538. The maximum Gasteiger partial charge on any atom is 0.149 e. The summed E-state index contributed by atoms with van der Waals surface area (Å²) in [6.45, 7) is 8.13. The van der Waals surface area contributed by atoms with Gasteiger partial charge in [0.05, 0.1) is 7.11 Å². The first-order chi connectivity index (χ1) is 9.81. The number of methoxy groups -OCH3 is 1. The molecule has 0 bridgehead atoms.